The molecule has 0 aliphatic rings. The normalized spacial score (nSPS) is 11.2. The fourth-order valence-corrected chi connectivity index (χ4v) is 1.64. The Morgan fingerprint density at radius 2 is 2.00 bits per heavy atom. The van der Waals surface area contributed by atoms with Crippen molar-refractivity contribution < 1.29 is 4.74 Å². The fraction of sp³-hybridized carbons (Fsp3) is 0.500. The zero-order chi connectivity index (χ0) is 11.7. The number of fused-ring (bicyclic) bond motifs is 1. The number of halogens is 1. The Hall–Kier alpha value is -1.20. The highest BCUT2D eigenvalue weighted by molar-refractivity contribution is 6.30. The van der Waals surface area contributed by atoms with Crippen molar-refractivity contribution in [3.8, 4) is 0 Å². The standard InChI is InChI=1S/C10H13ClN4O/c1-4-16-5-8-12-13-10-7(3)6(2)9(11)14-15(8)10/h4-5H2,1-3H3. The van der Waals surface area contributed by atoms with Crippen LogP contribution in [0, 0.1) is 13.8 Å². The molecule has 2 aromatic heterocycles. The maximum absolute atomic E-state index is 6.03. The van der Waals surface area contributed by atoms with Crippen molar-refractivity contribution in [3.63, 3.8) is 0 Å². The molecular formula is C10H13ClN4O. The highest BCUT2D eigenvalue weighted by atomic mass is 35.5. The van der Waals surface area contributed by atoms with Crippen LogP contribution in [0.3, 0.4) is 0 Å². The van der Waals surface area contributed by atoms with E-state index in [1.807, 2.05) is 20.8 Å². The monoisotopic (exact) mass is 240 g/mol. The molecular weight excluding hydrogens is 228 g/mol. The van der Waals surface area contributed by atoms with Gasteiger partial charge in [0.15, 0.2) is 16.6 Å². The van der Waals surface area contributed by atoms with Gasteiger partial charge in [-0.15, -0.1) is 10.2 Å². The van der Waals surface area contributed by atoms with E-state index in [1.54, 1.807) is 4.52 Å². The minimum Gasteiger partial charge on any atom is -0.374 e. The first-order valence-electron chi connectivity index (χ1n) is 5.10. The molecule has 0 fully saturated rings. The molecule has 0 saturated heterocycles. The second-order valence-corrected chi connectivity index (χ2v) is 3.89. The number of ether oxygens (including phenoxy) is 1. The Labute approximate surface area is 98.4 Å². The van der Waals surface area contributed by atoms with Gasteiger partial charge >= 0.3 is 0 Å². The summed E-state index contributed by atoms with van der Waals surface area (Å²) in [7, 11) is 0. The van der Waals surface area contributed by atoms with Gasteiger partial charge in [-0.1, -0.05) is 11.6 Å². The molecule has 2 aromatic rings. The van der Waals surface area contributed by atoms with Gasteiger partial charge < -0.3 is 4.74 Å². The predicted molar refractivity (Wildman–Crippen MR) is 60.6 cm³/mol. The molecule has 0 unspecified atom stereocenters. The molecule has 0 spiro atoms. The Kier molecular flexibility index (Phi) is 3.07. The fourth-order valence-electron chi connectivity index (χ4n) is 1.42. The molecule has 0 aliphatic heterocycles. The van der Waals surface area contributed by atoms with E-state index < -0.39 is 0 Å². The Balaban J connectivity index is 2.55. The van der Waals surface area contributed by atoms with Crippen molar-refractivity contribution in [3.05, 3.63) is 22.1 Å². The topological polar surface area (TPSA) is 52.3 Å². The minimum absolute atomic E-state index is 0.392. The number of aromatic nitrogens is 4. The van der Waals surface area contributed by atoms with Crippen molar-refractivity contribution in [2.24, 2.45) is 0 Å². The molecule has 0 bridgehead atoms. The van der Waals surface area contributed by atoms with E-state index in [4.69, 9.17) is 16.3 Å². The van der Waals surface area contributed by atoms with Crippen LogP contribution in [0.4, 0.5) is 0 Å². The number of rotatable bonds is 3. The molecule has 0 aromatic carbocycles. The third-order valence-electron chi connectivity index (χ3n) is 2.54. The molecule has 0 saturated carbocycles. The average Bonchev–Trinajstić information content (AvgIpc) is 2.66. The summed E-state index contributed by atoms with van der Waals surface area (Å²) in [6.45, 7) is 6.83. The van der Waals surface area contributed by atoms with Gasteiger partial charge in [-0.3, -0.25) is 0 Å². The van der Waals surface area contributed by atoms with Crippen molar-refractivity contribution in [2.45, 2.75) is 27.4 Å². The van der Waals surface area contributed by atoms with Crippen LogP contribution in [0.5, 0.6) is 0 Å². The lowest BCUT2D eigenvalue weighted by Gasteiger charge is -2.04. The van der Waals surface area contributed by atoms with E-state index in [9.17, 15) is 0 Å². The largest absolute Gasteiger partial charge is 0.374 e. The van der Waals surface area contributed by atoms with Gasteiger partial charge in [-0.25, -0.2) is 0 Å². The lowest BCUT2D eigenvalue weighted by molar-refractivity contribution is 0.127. The molecule has 2 heterocycles. The second-order valence-electron chi connectivity index (χ2n) is 3.53. The Bertz CT molecular complexity index is 523. The van der Waals surface area contributed by atoms with Crippen LogP contribution in [-0.2, 0) is 11.3 Å². The van der Waals surface area contributed by atoms with Crippen molar-refractivity contribution in [2.75, 3.05) is 6.61 Å². The summed E-state index contributed by atoms with van der Waals surface area (Å²) >= 11 is 6.03. The first kappa shape index (κ1) is 11.3. The van der Waals surface area contributed by atoms with Crippen LogP contribution < -0.4 is 0 Å². The van der Waals surface area contributed by atoms with Crippen molar-refractivity contribution in [1.29, 1.82) is 0 Å². The minimum atomic E-state index is 0.392. The summed E-state index contributed by atoms with van der Waals surface area (Å²) < 4.78 is 6.93. The van der Waals surface area contributed by atoms with Gasteiger partial charge in [0.05, 0.1) is 0 Å². The van der Waals surface area contributed by atoms with E-state index >= 15 is 0 Å². The SMILES string of the molecule is CCOCc1nnc2c(C)c(C)c(Cl)nn12. The van der Waals surface area contributed by atoms with Crippen LogP contribution in [0.25, 0.3) is 5.65 Å². The molecule has 0 aliphatic carbocycles. The van der Waals surface area contributed by atoms with E-state index in [2.05, 4.69) is 15.3 Å². The first-order chi connectivity index (χ1) is 7.65. The average molecular weight is 241 g/mol. The molecule has 0 N–H and O–H groups in total. The summed E-state index contributed by atoms with van der Waals surface area (Å²) in [5, 5.41) is 12.8. The van der Waals surface area contributed by atoms with Gasteiger partial charge in [0.1, 0.15) is 6.61 Å². The molecule has 2 rings (SSSR count). The van der Waals surface area contributed by atoms with Crippen molar-refractivity contribution in [1.82, 2.24) is 19.8 Å². The third kappa shape index (κ3) is 1.76. The third-order valence-corrected chi connectivity index (χ3v) is 2.89. The molecule has 86 valence electrons. The van der Waals surface area contributed by atoms with Crippen LogP contribution >= 0.6 is 11.6 Å². The first-order valence-corrected chi connectivity index (χ1v) is 5.47. The van der Waals surface area contributed by atoms with Gasteiger partial charge in [0.25, 0.3) is 0 Å². The molecule has 5 nitrogen and oxygen atoms in total. The van der Waals surface area contributed by atoms with Gasteiger partial charge in [-0.05, 0) is 26.3 Å². The van der Waals surface area contributed by atoms with Crippen LogP contribution in [0.2, 0.25) is 5.15 Å². The molecule has 0 radical (unpaired) electrons. The summed E-state index contributed by atoms with van der Waals surface area (Å²) in [5.41, 5.74) is 2.66. The summed E-state index contributed by atoms with van der Waals surface area (Å²) in [6.07, 6.45) is 0. The van der Waals surface area contributed by atoms with Crippen LogP contribution in [0.15, 0.2) is 0 Å². The molecule has 16 heavy (non-hydrogen) atoms. The Morgan fingerprint density at radius 3 is 2.69 bits per heavy atom. The second kappa shape index (κ2) is 4.35. The zero-order valence-corrected chi connectivity index (χ0v) is 10.2. The summed E-state index contributed by atoms with van der Waals surface area (Å²) in [4.78, 5) is 0. The highest BCUT2D eigenvalue weighted by Crippen LogP contribution is 2.19. The van der Waals surface area contributed by atoms with Crippen LogP contribution in [0.1, 0.15) is 23.9 Å². The van der Waals surface area contributed by atoms with E-state index in [1.165, 1.54) is 0 Å². The highest BCUT2D eigenvalue weighted by Gasteiger charge is 2.13. The van der Waals surface area contributed by atoms with E-state index in [0.29, 0.717) is 24.2 Å². The lowest BCUT2D eigenvalue weighted by atomic mass is 10.2. The van der Waals surface area contributed by atoms with Gasteiger partial charge in [-0.2, -0.15) is 9.61 Å². The van der Waals surface area contributed by atoms with Gasteiger partial charge in [0.2, 0.25) is 0 Å². The number of aryl methyl sites for hydroxylation is 1. The maximum atomic E-state index is 6.03. The van der Waals surface area contributed by atoms with E-state index in [-0.39, 0.29) is 0 Å². The lowest BCUT2D eigenvalue weighted by Crippen LogP contribution is -2.04. The van der Waals surface area contributed by atoms with Crippen molar-refractivity contribution >= 4 is 17.2 Å². The molecule has 6 heteroatoms. The smallest absolute Gasteiger partial charge is 0.181 e. The van der Waals surface area contributed by atoms with E-state index in [0.717, 1.165) is 16.8 Å². The number of hydrogen-bond acceptors (Lipinski definition) is 4. The zero-order valence-electron chi connectivity index (χ0n) is 9.49. The predicted octanol–water partition coefficient (Wildman–Crippen LogP) is 1.93. The molecule has 0 atom stereocenters. The number of hydrogen-bond donors (Lipinski definition) is 0. The Morgan fingerprint density at radius 1 is 1.25 bits per heavy atom. The van der Waals surface area contributed by atoms with Gasteiger partial charge in [0, 0.05) is 12.2 Å². The maximum Gasteiger partial charge on any atom is 0.181 e. The quantitative estimate of drug-likeness (QED) is 0.823. The summed E-state index contributed by atoms with van der Waals surface area (Å²) in [6, 6.07) is 0. The van der Waals surface area contributed by atoms with Crippen LogP contribution in [-0.4, -0.2) is 26.4 Å². The molecule has 0 amide bonds. The number of nitrogens with zero attached hydrogens (tertiary/aromatic N) is 4. The summed E-state index contributed by atoms with van der Waals surface area (Å²) in [5.74, 6) is 0.668.